The fourth-order valence-corrected chi connectivity index (χ4v) is 3.68. The quantitative estimate of drug-likeness (QED) is 0.646. The highest BCUT2D eigenvalue weighted by Gasteiger charge is 2.32. The van der Waals surface area contributed by atoms with Gasteiger partial charge in [-0.1, -0.05) is 29.8 Å². The third-order valence-corrected chi connectivity index (χ3v) is 5.29. The van der Waals surface area contributed by atoms with Gasteiger partial charge in [0.05, 0.1) is 6.04 Å². The predicted molar refractivity (Wildman–Crippen MR) is 105 cm³/mol. The molecule has 1 unspecified atom stereocenters. The SMILES string of the molecule is Cc1ccc(NC(=O)N2CCn3cccc3C2c2cccc(F)c2)cc1Cl. The number of urea groups is 1. The van der Waals surface area contributed by atoms with Crippen LogP contribution in [0.25, 0.3) is 0 Å². The van der Waals surface area contributed by atoms with E-state index in [1.54, 1.807) is 17.0 Å². The summed E-state index contributed by atoms with van der Waals surface area (Å²) in [6.07, 6.45) is 1.98. The summed E-state index contributed by atoms with van der Waals surface area (Å²) >= 11 is 6.17. The molecule has 1 aliphatic heterocycles. The minimum absolute atomic E-state index is 0.239. The number of hydrogen-bond donors (Lipinski definition) is 1. The Morgan fingerprint density at radius 2 is 2.00 bits per heavy atom. The average Bonchev–Trinajstić information content (AvgIpc) is 3.12. The molecule has 3 aromatic rings. The Labute approximate surface area is 162 Å². The number of aryl methyl sites for hydroxylation is 1. The second-order valence-corrected chi connectivity index (χ2v) is 7.08. The summed E-state index contributed by atoms with van der Waals surface area (Å²) in [6.45, 7) is 3.12. The maximum absolute atomic E-state index is 13.8. The summed E-state index contributed by atoms with van der Waals surface area (Å²) in [5, 5.41) is 3.52. The van der Waals surface area contributed by atoms with Gasteiger partial charge in [0.15, 0.2) is 0 Å². The van der Waals surface area contributed by atoms with Crippen molar-refractivity contribution in [2.45, 2.75) is 19.5 Å². The van der Waals surface area contributed by atoms with E-state index in [0.29, 0.717) is 23.8 Å². The molecule has 2 amide bonds. The highest BCUT2D eigenvalue weighted by molar-refractivity contribution is 6.31. The molecule has 4 rings (SSSR count). The zero-order chi connectivity index (χ0) is 19.0. The minimum Gasteiger partial charge on any atom is -0.348 e. The number of halogens is 2. The molecule has 1 N–H and O–H groups in total. The van der Waals surface area contributed by atoms with Crippen LogP contribution in [-0.2, 0) is 6.54 Å². The highest BCUT2D eigenvalue weighted by atomic mass is 35.5. The molecule has 1 atom stereocenters. The summed E-state index contributed by atoms with van der Waals surface area (Å²) in [5.41, 5.74) is 3.29. The number of fused-ring (bicyclic) bond motifs is 1. The van der Waals surface area contributed by atoms with E-state index in [0.717, 1.165) is 16.8 Å². The van der Waals surface area contributed by atoms with Crippen molar-refractivity contribution in [2.24, 2.45) is 0 Å². The molecule has 27 heavy (non-hydrogen) atoms. The lowest BCUT2D eigenvalue weighted by Gasteiger charge is -2.37. The Morgan fingerprint density at radius 3 is 2.78 bits per heavy atom. The zero-order valence-electron chi connectivity index (χ0n) is 14.8. The van der Waals surface area contributed by atoms with Gasteiger partial charge in [0.2, 0.25) is 0 Å². The normalized spacial score (nSPS) is 16.1. The first kappa shape index (κ1) is 17.6. The van der Waals surface area contributed by atoms with E-state index < -0.39 is 0 Å². The fourth-order valence-electron chi connectivity index (χ4n) is 3.50. The molecule has 1 aromatic heterocycles. The van der Waals surface area contributed by atoms with Gasteiger partial charge >= 0.3 is 6.03 Å². The Balaban J connectivity index is 1.67. The van der Waals surface area contributed by atoms with Gasteiger partial charge in [0.1, 0.15) is 5.82 Å². The van der Waals surface area contributed by atoms with Gasteiger partial charge in [-0.15, -0.1) is 0 Å². The Bertz CT molecular complexity index is 1000. The molecule has 0 fully saturated rings. The van der Waals surface area contributed by atoms with Crippen molar-refractivity contribution in [3.8, 4) is 0 Å². The molecule has 138 valence electrons. The van der Waals surface area contributed by atoms with Gasteiger partial charge in [-0.2, -0.15) is 0 Å². The van der Waals surface area contributed by atoms with Crippen LogP contribution in [0.5, 0.6) is 0 Å². The minimum atomic E-state index is -0.356. The first-order chi connectivity index (χ1) is 13.0. The van der Waals surface area contributed by atoms with Gasteiger partial charge in [-0.05, 0) is 54.4 Å². The van der Waals surface area contributed by atoms with Crippen molar-refractivity contribution in [3.63, 3.8) is 0 Å². The number of anilines is 1. The number of aromatic nitrogens is 1. The number of hydrogen-bond acceptors (Lipinski definition) is 1. The van der Waals surface area contributed by atoms with Crippen molar-refractivity contribution in [3.05, 3.63) is 88.5 Å². The van der Waals surface area contributed by atoms with Gasteiger partial charge < -0.3 is 14.8 Å². The van der Waals surface area contributed by atoms with Crippen molar-refractivity contribution >= 4 is 23.3 Å². The van der Waals surface area contributed by atoms with Gasteiger partial charge in [-0.25, -0.2) is 9.18 Å². The molecular weight excluding hydrogens is 365 g/mol. The number of benzene rings is 2. The van der Waals surface area contributed by atoms with Crippen molar-refractivity contribution in [1.82, 2.24) is 9.47 Å². The zero-order valence-corrected chi connectivity index (χ0v) is 15.6. The number of nitrogens with zero attached hydrogens (tertiary/aromatic N) is 2. The molecule has 6 heteroatoms. The van der Waals surface area contributed by atoms with Gasteiger partial charge in [0.25, 0.3) is 0 Å². The standard InChI is InChI=1S/C21H19ClFN3O/c1-14-7-8-17(13-18(14)22)24-21(27)26-11-10-25-9-3-6-19(25)20(26)15-4-2-5-16(23)12-15/h2-9,12-13,20H,10-11H2,1H3,(H,24,27). The summed E-state index contributed by atoms with van der Waals surface area (Å²) < 4.78 is 15.9. The maximum Gasteiger partial charge on any atom is 0.322 e. The lowest BCUT2D eigenvalue weighted by molar-refractivity contribution is 0.181. The lowest BCUT2D eigenvalue weighted by atomic mass is 10.00. The molecule has 0 bridgehead atoms. The largest absolute Gasteiger partial charge is 0.348 e. The maximum atomic E-state index is 13.8. The lowest BCUT2D eigenvalue weighted by Crippen LogP contribution is -2.44. The predicted octanol–water partition coefficient (Wildman–Crippen LogP) is 5.23. The van der Waals surface area contributed by atoms with E-state index in [1.165, 1.54) is 12.1 Å². The highest BCUT2D eigenvalue weighted by Crippen LogP contribution is 2.33. The van der Waals surface area contributed by atoms with Crippen LogP contribution in [0.3, 0.4) is 0 Å². The van der Waals surface area contributed by atoms with E-state index in [-0.39, 0.29) is 17.9 Å². The molecule has 0 aliphatic carbocycles. The van der Waals surface area contributed by atoms with Gasteiger partial charge in [0, 0.05) is 35.7 Å². The van der Waals surface area contributed by atoms with Crippen LogP contribution in [0.2, 0.25) is 5.02 Å². The number of nitrogens with one attached hydrogen (secondary N) is 1. The molecular formula is C21H19ClFN3O. The molecule has 4 nitrogen and oxygen atoms in total. The second kappa shape index (κ2) is 7.08. The monoisotopic (exact) mass is 383 g/mol. The molecule has 1 aliphatic rings. The van der Waals surface area contributed by atoms with Crippen LogP contribution < -0.4 is 5.32 Å². The fraction of sp³-hybridized carbons (Fsp3) is 0.190. The van der Waals surface area contributed by atoms with E-state index in [1.807, 2.05) is 43.5 Å². The van der Waals surface area contributed by atoms with Crippen molar-refractivity contribution < 1.29 is 9.18 Å². The number of rotatable bonds is 2. The van der Waals surface area contributed by atoms with Crippen LogP contribution >= 0.6 is 11.6 Å². The Hall–Kier alpha value is -2.79. The third-order valence-electron chi connectivity index (χ3n) is 4.89. The van der Waals surface area contributed by atoms with Crippen LogP contribution in [0, 0.1) is 12.7 Å². The van der Waals surface area contributed by atoms with Gasteiger partial charge in [-0.3, -0.25) is 0 Å². The Morgan fingerprint density at radius 1 is 1.15 bits per heavy atom. The van der Waals surface area contributed by atoms with E-state index >= 15 is 0 Å². The smallest absolute Gasteiger partial charge is 0.322 e. The topological polar surface area (TPSA) is 37.3 Å². The molecule has 2 aromatic carbocycles. The van der Waals surface area contributed by atoms with Crippen molar-refractivity contribution in [2.75, 3.05) is 11.9 Å². The first-order valence-electron chi connectivity index (χ1n) is 8.77. The number of amides is 2. The second-order valence-electron chi connectivity index (χ2n) is 6.67. The average molecular weight is 384 g/mol. The molecule has 2 heterocycles. The van der Waals surface area contributed by atoms with Crippen LogP contribution in [0.15, 0.2) is 60.8 Å². The van der Waals surface area contributed by atoms with Crippen LogP contribution in [0.1, 0.15) is 22.9 Å². The number of carbonyl (C=O) groups excluding carboxylic acids is 1. The molecule has 0 saturated heterocycles. The van der Waals surface area contributed by atoms with E-state index in [4.69, 9.17) is 11.6 Å². The third kappa shape index (κ3) is 3.43. The molecule has 0 spiro atoms. The number of carbonyl (C=O) groups is 1. The first-order valence-corrected chi connectivity index (χ1v) is 9.15. The van der Waals surface area contributed by atoms with E-state index in [9.17, 15) is 9.18 Å². The summed E-state index contributed by atoms with van der Waals surface area (Å²) in [4.78, 5) is 14.8. The summed E-state index contributed by atoms with van der Waals surface area (Å²) in [6, 6.07) is 15.1. The molecule has 0 radical (unpaired) electrons. The van der Waals surface area contributed by atoms with Crippen molar-refractivity contribution in [1.29, 1.82) is 0 Å². The van der Waals surface area contributed by atoms with Crippen LogP contribution in [-0.4, -0.2) is 22.0 Å². The molecule has 0 saturated carbocycles. The van der Waals surface area contributed by atoms with Crippen LogP contribution in [0.4, 0.5) is 14.9 Å². The Kier molecular flexibility index (Phi) is 4.62. The summed E-state index contributed by atoms with van der Waals surface area (Å²) in [7, 11) is 0. The van der Waals surface area contributed by atoms with E-state index in [2.05, 4.69) is 9.88 Å². The summed E-state index contributed by atoms with van der Waals surface area (Å²) in [5.74, 6) is -0.318.